The quantitative estimate of drug-likeness (QED) is 0.838. The van der Waals surface area contributed by atoms with E-state index in [9.17, 15) is 0 Å². The van der Waals surface area contributed by atoms with Crippen molar-refractivity contribution in [3.8, 4) is 6.07 Å². The number of hydrogen-bond acceptors (Lipinski definition) is 3. The zero-order valence-electron chi connectivity index (χ0n) is 8.63. The summed E-state index contributed by atoms with van der Waals surface area (Å²) >= 11 is 10.8. The summed E-state index contributed by atoms with van der Waals surface area (Å²) in [5.41, 5.74) is 0. The minimum Gasteiger partial charge on any atom is -0.284 e. The first-order chi connectivity index (χ1) is 7.13. The van der Waals surface area contributed by atoms with Crippen LogP contribution in [0.15, 0.2) is 10.5 Å². The molecule has 0 saturated heterocycles. The van der Waals surface area contributed by atoms with E-state index in [4.69, 9.17) is 16.9 Å². The maximum absolute atomic E-state index is 9.17. The van der Waals surface area contributed by atoms with Crippen LogP contribution in [0.25, 0.3) is 0 Å². The van der Waals surface area contributed by atoms with Gasteiger partial charge >= 0.3 is 0 Å². The highest BCUT2D eigenvalue weighted by Gasteiger charge is 2.20. The number of nitrogens with zero attached hydrogens (tertiary/aromatic N) is 2. The van der Waals surface area contributed by atoms with Gasteiger partial charge in [0.2, 0.25) is 0 Å². The zero-order valence-corrected chi connectivity index (χ0v) is 11.8. The molecule has 15 heavy (non-hydrogen) atoms. The molecule has 0 bridgehead atoms. The van der Waals surface area contributed by atoms with E-state index >= 15 is 0 Å². The molecule has 82 valence electrons. The van der Waals surface area contributed by atoms with Gasteiger partial charge in [-0.1, -0.05) is 25.4 Å². The second kappa shape index (κ2) is 5.86. The minimum atomic E-state index is -0.186. The molecule has 1 aromatic rings. The highest BCUT2D eigenvalue weighted by atomic mass is 79.9. The summed E-state index contributed by atoms with van der Waals surface area (Å²) in [6, 6.07) is 4.06. The summed E-state index contributed by atoms with van der Waals surface area (Å²) < 4.78 is 1.58. The van der Waals surface area contributed by atoms with Gasteiger partial charge < -0.3 is 0 Å². The third-order valence-electron chi connectivity index (χ3n) is 2.23. The van der Waals surface area contributed by atoms with Crippen molar-refractivity contribution < 1.29 is 0 Å². The second-order valence-corrected chi connectivity index (χ2v) is 5.56. The van der Waals surface area contributed by atoms with Crippen LogP contribution in [-0.4, -0.2) is 18.0 Å². The van der Waals surface area contributed by atoms with Gasteiger partial charge in [0.15, 0.2) is 0 Å². The Morgan fingerprint density at radius 1 is 1.60 bits per heavy atom. The summed E-state index contributed by atoms with van der Waals surface area (Å²) in [7, 11) is 0. The Labute approximate surface area is 108 Å². The molecule has 0 spiro atoms. The molecule has 1 unspecified atom stereocenters. The van der Waals surface area contributed by atoms with Crippen LogP contribution in [0.3, 0.4) is 0 Å². The van der Waals surface area contributed by atoms with Crippen LogP contribution in [0.4, 0.5) is 0 Å². The predicted octanol–water partition coefficient (Wildman–Crippen LogP) is 4.07. The molecule has 0 aromatic carbocycles. The highest BCUT2D eigenvalue weighted by Crippen LogP contribution is 2.36. The average Bonchev–Trinajstić information content (AvgIpc) is 2.55. The summed E-state index contributed by atoms with van der Waals surface area (Å²) in [6.45, 7) is 5.83. The lowest BCUT2D eigenvalue weighted by atomic mass is 10.2. The van der Waals surface area contributed by atoms with Gasteiger partial charge in [0.05, 0.1) is 6.07 Å². The molecule has 0 fully saturated rings. The van der Waals surface area contributed by atoms with Crippen molar-refractivity contribution in [2.45, 2.75) is 19.9 Å². The number of hydrogen-bond donors (Lipinski definition) is 0. The first kappa shape index (κ1) is 13.0. The van der Waals surface area contributed by atoms with Gasteiger partial charge in [-0.3, -0.25) is 4.90 Å². The van der Waals surface area contributed by atoms with E-state index in [1.807, 2.05) is 6.07 Å². The highest BCUT2D eigenvalue weighted by molar-refractivity contribution is 9.10. The third kappa shape index (κ3) is 2.94. The zero-order chi connectivity index (χ0) is 11.4. The second-order valence-electron chi connectivity index (χ2n) is 3.02. The molecule has 0 radical (unpaired) electrons. The number of rotatable bonds is 4. The molecule has 1 rings (SSSR count). The Morgan fingerprint density at radius 2 is 2.20 bits per heavy atom. The average molecular weight is 308 g/mol. The Balaban J connectivity index is 2.97. The van der Waals surface area contributed by atoms with Gasteiger partial charge in [0.1, 0.15) is 10.4 Å². The lowest BCUT2D eigenvalue weighted by Gasteiger charge is -2.22. The molecular weight excluding hydrogens is 296 g/mol. The summed E-state index contributed by atoms with van der Waals surface area (Å²) in [4.78, 5) is 3.10. The van der Waals surface area contributed by atoms with E-state index in [1.165, 1.54) is 11.3 Å². The van der Waals surface area contributed by atoms with Crippen LogP contribution in [0, 0.1) is 11.3 Å². The van der Waals surface area contributed by atoms with Gasteiger partial charge in [-0.15, -0.1) is 11.3 Å². The molecule has 0 aliphatic heterocycles. The monoisotopic (exact) mass is 306 g/mol. The first-order valence-electron chi connectivity index (χ1n) is 4.72. The Morgan fingerprint density at radius 3 is 2.53 bits per heavy atom. The van der Waals surface area contributed by atoms with Crippen LogP contribution in [0.2, 0.25) is 4.34 Å². The lowest BCUT2D eigenvalue weighted by molar-refractivity contribution is 0.265. The van der Waals surface area contributed by atoms with Crippen LogP contribution in [-0.2, 0) is 0 Å². The van der Waals surface area contributed by atoms with E-state index < -0.39 is 0 Å². The fourth-order valence-corrected chi connectivity index (χ4v) is 3.23. The minimum absolute atomic E-state index is 0.186. The van der Waals surface area contributed by atoms with Gasteiger partial charge in [0, 0.05) is 9.35 Å². The van der Waals surface area contributed by atoms with Crippen molar-refractivity contribution in [1.82, 2.24) is 4.90 Å². The number of thiophene rings is 1. The molecule has 0 amide bonds. The summed E-state index contributed by atoms with van der Waals surface area (Å²) in [6.07, 6.45) is 0. The molecule has 0 aliphatic carbocycles. The molecular formula is C10H12BrClN2S. The molecule has 2 nitrogen and oxygen atoms in total. The largest absolute Gasteiger partial charge is 0.284 e. The lowest BCUT2D eigenvalue weighted by Crippen LogP contribution is -2.26. The van der Waals surface area contributed by atoms with Gasteiger partial charge in [0.25, 0.3) is 0 Å². The van der Waals surface area contributed by atoms with Crippen molar-refractivity contribution in [2.75, 3.05) is 13.1 Å². The Hall–Kier alpha value is -0.0800. The van der Waals surface area contributed by atoms with Gasteiger partial charge in [-0.25, -0.2) is 0 Å². The maximum atomic E-state index is 9.17. The van der Waals surface area contributed by atoms with E-state index in [-0.39, 0.29) is 6.04 Å². The van der Waals surface area contributed by atoms with Crippen LogP contribution in [0.1, 0.15) is 24.8 Å². The maximum Gasteiger partial charge on any atom is 0.133 e. The van der Waals surface area contributed by atoms with Crippen LogP contribution < -0.4 is 0 Å². The molecule has 0 N–H and O–H groups in total. The smallest absolute Gasteiger partial charge is 0.133 e. The van der Waals surface area contributed by atoms with Crippen LogP contribution in [0.5, 0.6) is 0 Å². The van der Waals surface area contributed by atoms with Gasteiger partial charge in [-0.2, -0.15) is 5.26 Å². The summed E-state index contributed by atoms with van der Waals surface area (Å²) in [5.74, 6) is 0. The van der Waals surface area contributed by atoms with Crippen molar-refractivity contribution in [2.24, 2.45) is 0 Å². The van der Waals surface area contributed by atoms with Crippen molar-refractivity contribution in [1.29, 1.82) is 5.26 Å². The normalized spacial score (nSPS) is 12.8. The van der Waals surface area contributed by atoms with Gasteiger partial charge in [-0.05, 0) is 35.1 Å². The number of halogens is 2. The molecule has 0 aliphatic rings. The Bertz CT molecular complexity index is 348. The standard InChI is InChI=1S/C10H12BrClN2S/c1-3-14(4-2)8(6-13)9-5-7(11)10(12)15-9/h5,8H,3-4H2,1-2H3. The van der Waals surface area contributed by atoms with E-state index in [0.717, 1.165) is 22.4 Å². The molecule has 1 heterocycles. The molecule has 1 aromatic heterocycles. The third-order valence-corrected chi connectivity index (χ3v) is 4.76. The first-order valence-corrected chi connectivity index (χ1v) is 6.71. The topological polar surface area (TPSA) is 27.0 Å². The van der Waals surface area contributed by atoms with Crippen LogP contribution >= 0.6 is 38.9 Å². The summed E-state index contributed by atoms with van der Waals surface area (Å²) in [5, 5.41) is 9.17. The van der Waals surface area contributed by atoms with E-state index in [0.29, 0.717) is 4.34 Å². The molecule has 5 heteroatoms. The molecule has 1 atom stereocenters. The SMILES string of the molecule is CCN(CC)C(C#N)c1cc(Br)c(Cl)s1. The van der Waals surface area contributed by atoms with Crippen molar-refractivity contribution in [3.05, 3.63) is 19.8 Å². The van der Waals surface area contributed by atoms with E-state index in [2.05, 4.69) is 40.7 Å². The molecule has 0 saturated carbocycles. The fraction of sp³-hybridized carbons (Fsp3) is 0.500. The Kier molecular flexibility index (Phi) is 5.07. The van der Waals surface area contributed by atoms with Crippen molar-refractivity contribution >= 4 is 38.9 Å². The van der Waals surface area contributed by atoms with E-state index in [1.54, 1.807) is 0 Å². The van der Waals surface area contributed by atoms with Crippen molar-refractivity contribution in [3.63, 3.8) is 0 Å². The predicted molar refractivity (Wildman–Crippen MR) is 68.3 cm³/mol. The number of nitriles is 1. The fourth-order valence-electron chi connectivity index (χ4n) is 1.41.